The van der Waals surface area contributed by atoms with Crippen molar-refractivity contribution in [3.05, 3.63) is 171 Å². The summed E-state index contributed by atoms with van der Waals surface area (Å²) in [6.45, 7) is 29.0. The van der Waals surface area contributed by atoms with Crippen molar-refractivity contribution >= 4 is 45.7 Å². The van der Waals surface area contributed by atoms with E-state index in [1.807, 2.05) is 0 Å². The van der Waals surface area contributed by atoms with Crippen LogP contribution in [0.1, 0.15) is 124 Å². The number of rotatable bonds is 2. The van der Waals surface area contributed by atoms with Crippen LogP contribution in [0, 0.1) is 27.7 Å². The normalized spacial score (nSPS) is 17.8. The van der Waals surface area contributed by atoms with Gasteiger partial charge in [0.1, 0.15) is 0 Å². The van der Waals surface area contributed by atoms with Gasteiger partial charge in [-0.2, -0.15) is 0 Å². The van der Waals surface area contributed by atoms with E-state index in [4.69, 9.17) is 0 Å². The van der Waals surface area contributed by atoms with Crippen molar-refractivity contribution < 1.29 is 0 Å². The van der Waals surface area contributed by atoms with E-state index in [1.165, 1.54) is 152 Å². The van der Waals surface area contributed by atoms with Gasteiger partial charge in [-0.05, 0) is 164 Å². The number of anilines is 3. The standard InChI is InChI=1S/C62H59BN2/c1-34-28-36(3)52(37(4)29-34)38-31-44-41-20-17-21-43-53-42-19-14-16-23-46(42)62(11,12)58(53)65(57(41)43)63-55(44)51(32-38)64(50-33-48-47(30-35(50)2)59(5,6)26-27-60(48,7)8)49-25-24-40-39-18-13-15-22-45(39)61(9,10)54(40)56(49)63/h13-25,28-33H,26-27H2,1-12H3. The quantitative estimate of drug-likeness (QED) is 0.157. The fourth-order valence-electron chi connectivity index (χ4n) is 14.3. The highest BCUT2D eigenvalue weighted by Crippen LogP contribution is 2.59. The van der Waals surface area contributed by atoms with Crippen molar-refractivity contribution in [3.8, 4) is 44.5 Å². The van der Waals surface area contributed by atoms with Crippen molar-refractivity contribution in [2.45, 2.75) is 118 Å². The minimum atomic E-state index is -0.224. The van der Waals surface area contributed by atoms with Crippen molar-refractivity contribution in [2.75, 3.05) is 4.90 Å². The summed E-state index contributed by atoms with van der Waals surface area (Å²) in [6, 6.07) is 45.8. The lowest BCUT2D eigenvalue weighted by Gasteiger charge is -2.46. The van der Waals surface area contributed by atoms with E-state index in [0.29, 0.717) is 0 Å². The topological polar surface area (TPSA) is 8.17 Å². The number of hydrogen-bond acceptors (Lipinski definition) is 1. The molecule has 0 fully saturated rings. The fourth-order valence-corrected chi connectivity index (χ4v) is 14.3. The Morgan fingerprint density at radius 3 is 1.80 bits per heavy atom. The second-order valence-electron chi connectivity index (χ2n) is 23.0. The number of aromatic nitrogens is 1. The molecular weight excluding hydrogens is 784 g/mol. The van der Waals surface area contributed by atoms with Gasteiger partial charge in [-0.3, -0.25) is 0 Å². The molecule has 0 atom stereocenters. The SMILES string of the molecule is Cc1cc(C)c(-c2cc3c4c(c2)N(c2cc5c(cc2C)C(C)(C)CCC5(C)C)c2ccc5c(c2B4n2c4c(c6cccc-3c62)-c2ccccc2C4(C)C)C(C)(C)c2ccccc2-5)c(C)c1. The van der Waals surface area contributed by atoms with Gasteiger partial charge in [-0.1, -0.05) is 152 Å². The van der Waals surface area contributed by atoms with Gasteiger partial charge in [0.2, 0.25) is 0 Å². The number of hydrogen-bond donors (Lipinski definition) is 0. The Balaban J connectivity index is 1.23. The summed E-state index contributed by atoms with van der Waals surface area (Å²) in [5, 5.41) is 1.37. The van der Waals surface area contributed by atoms with Crippen LogP contribution in [0.25, 0.3) is 55.4 Å². The molecule has 1 aromatic heterocycles. The zero-order valence-electron chi connectivity index (χ0n) is 40.4. The number of nitrogens with zero attached hydrogens (tertiary/aromatic N) is 2. The Kier molecular flexibility index (Phi) is 7.52. The third-order valence-electron chi connectivity index (χ3n) is 17.3. The van der Waals surface area contributed by atoms with Gasteiger partial charge in [0.15, 0.2) is 0 Å². The highest BCUT2D eigenvalue weighted by Gasteiger charge is 2.52. The van der Waals surface area contributed by atoms with E-state index < -0.39 is 0 Å². The van der Waals surface area contributed by atoms with E-state index in [-0.39, 0.29) is 28.5 Å². The highest BCUT2D eigenvalue weighted by atomic mass is 15.2. The average Bonchev–Trinajstić information content (AvgIpc) is 3.82. The second-order valence-corrected chi connectivity index (χ2v) is 23.0. The molecular formula is C62H59BN2. The van der Waals surface area contributed by atoms with E-state index in [1.54, 1.807) is 0 Å². The molecule has 8 aromatic rings. The van der Waals surface area contributed by atoms with Crippen LogP contribution in [0.5, 0.6) is 0 Å². The van der Waals surface area contributed by atoms with E-state index in [9.17, 15) is 0 Å². The first kappa shape index (κ1) is 39.3. The Bertz CT molecular complexity index is 3470. The van der Waals surface area contributed by atoms with Gasteiger partial charge in [-0.25, -0.2) is 0 Å². The Morgan fingerprint density at radius 2 is 1.09 bits per heavy atom. The molecule has 3 heterocycles. The Labute approximate surface area is 386 Å². The molecule has 65 heavy (non-hydrogen) atoms. The molecule has 0 amide bonds. The van der Waals surface area contributed by atoms with Crippen LogP contribution < -0.4 is 15.8 Å². The third-order valence-corrected chi connectivity index (χ3v) is 17.3. The van der Waals surface area contributed by atoms with Crippen LogP contribution in [0.3, 0.4) is 0 Å². The minimum Gasteiger partial charge on any atom is -0.378 e. The van der Waals surface area contributed by atoms with Gasteiger partial charge >= 0.3 is 6.85 Å². The summed E-state index contributed by atoms with van der Waals surface area (Å²) in [5.74, 6) is 0. The summed E-state index contributed by atoms with van der Waals surface area (Å²) >= 11 is 0. The molecule has 5 aliphatic rings. The smallest absolute Gasteiger partial charge is 0.333 e. The van der Waals surface area contributed by atoms with Crippen molar-refractivity contribution in [3.63, 3.8) is 0 Å². The maximum Gasteiger partial charge on any atom is 0.333 e. The number of aryl methyl sites for hydroxylation is 4. The number of benzene rings is 7. The predicted molar refractivity (Wildman–Crippen MR) is 277 cm³/mol. The molecule has 0 saturated heterocycles. The molecule has 0 N–H and O–H groups in total. The molecule has 3 heteroatoms. The first-order chi connectivity index (χ1) is 30.9. The molecule has 3 aliphatic carbocycles. The second kappa shape index (κ2) is 12.4. The van der Waals surface area contributed by atoms with Crippen LogP contribution in [0.4, 0.5) is 17.1 Å². The summed E-state index contributed by atoms with van der Waals surface area (Å²) < 4.78 is 2.87. The van der Waals surface area contributed by atoms with Crippen molar-refractivity contribution in [1.82, 2.24) is 4.48 Å². The third kappa shape index (κ3) is 4.82. The first-order valence-electron chi connectivity index (χ1n) is 24.2. The Hall–Kier alpha value is -6.06. The molecule has 0 unspecified atom stereocenters. The van der Waals surface area contributed by atoms with Gasteiger partial charge < -0.3 is 9.38 Å². The molecule has 0 bridgehead atoms. The van der Waals surface area contributed by atoms with Crippen molar-refractivity contribution in [2.24, 2.45) is 0 Å². The molecule has 0 saturated carbocycles. The lowest BCUT2D eigenvalue weighted by molar-refractivity contribution is 0.332. The number of fused-ring (bicyclic) bond motifs is 14. The van der Waals surface area contributed by atoms with E-state index in [2.05, 4.69) is 208 Å². The van der Waals surface area contributed by atoms with E-state index >= 15 is 0 Å². The predicted octanol–water partition coefficient (Wildman–Crippen LogP) is 14.9. The van der Waals surface area contributed by atoms with Gasteiger partial charge in [-0.15, -0.1) is 0 Å². The van der Waals surface area contributed by atoms with Crippen LogP contribution in [0.15, 0.2) is 115 Å². The van der Waals surface area contributed by atoms with E-state index in [0.717, 1.165) is 0 Å². The maximum absolute atomic E-state index is 2.87. The first-order valence-corrected chi connectivity index (χ1v) is 24.2. The molecule has 0 radical (unpaired) electrons. The molecule has 7 aromatic carbocycles. The molecule has 2 nitrogen and oxygen atoms in total. The summed E-state index contributed by atoms with van der Waals surface area (Å²) in [6.07, 6.45) is 2.37. The van der Waals surface area contributed by atoms with Gasteiger partial charge in [0.25, 0.3) is 0 Å². The molecule has 2 aliphatic heterocycles. The van der Waals surface area contributed by atoms with Gasteiger partial charge in [0.05, 0.1) is 0 Å². The lowest BCUT2D eigenvalue weighted by atomic mass is 9.42. The minimum absolute atomic E-state index is 0.0490. The fraction of sp³-hybridized carbons (Fsp3) is 0.290. The number of para-hydroxylation sites is 1. The largest absolute Gasteiger partial charge is 0.378 e. The zero-order valence-corrected chi connectivity index (χ0v) is 40.4. The molecule has 320 valence electrons. The van der Waals surface area contributed by atoms with Crippen molar-refractivity contribution in [1.29, 1.82) is 0 Å². The zero-order chi connectivity index (χ0) is 45.0. The summed E-state index contributed by atoms with van der Waals surface area (Å²) in [5.41, 5.74) is 32.8. The monoisotopic (exact) mass is 842 g/mol. The van der Waals surface area contributed by atoms with Crippen LogP contribution >= 0.6 is 0 Å². The maximum atomic E-state index is 2.87. The Morgan fingerprint density at radius 1 is 0.462 bits per heavy atom. The van der Waals surface area contributed by atoms with Crippen LogP contribution in [-0.4, -0.2) is 11.3 Å². The van der Waals surface area contributed by atoms with Crippen LogP contribution in [0.2, 0.25) is 0 Å². The summed E-state index contributed by atoms with van der Waals surface area (Å²) in [4.78, 5) is 2.74. The lowest BCUT2D eigenvalue weighted by Crippen LogP contribution is -2.59. The molecule has 13 rings (SSSR count). The molecule has 0 spiro atoms. The van der Waals surface area contributed by atoms with Gasteiger partial charge in [0, 0.05) is 55.6 Å². The van der Waals surface area contributed by atoms with Crippen LogP contribution in [-0.2, 0) is 21.7 Å². The highest BCUT2D eigenvalue weighted by molar-refractivity contribution is 6.90. The average molecular weight is 843 g/mol. The summed E-state index contributed by atoms with van der Waals surface area (Å²) in [7, 11) is 0.